The number of nitrogens with one attached hydrogen (secondary N) is 1. The molecule has 1 saturated heterocycles. The van der Waals surface area contributed by atoms with Crippen LogP contribution in [0.2, 0.25) is 0 Å². The summed E-state index contributed by atoms with van der Waals surface area (Å²) >= 11 is 0. The average Bonchev–Trinajstić information content (AvgIpc) is 3.00. The molecule has 1 aromatic heterocycles. The van der Waals surface area contributed by atoms with Crippen molar-refractivity contribution < 1.29 is 8.42 Å². The SMILES string of the molecule is CC(C)(C)C1=N[C@@H](C(C)(C)C)C(C(C)(C)C)=C2C[C@H](NS(=O)(=O)c3cccnc3)CN12. The largest absolute Gasteiger partial charge is 0.332 e. The number of sulfonamides is 1. The minimum atomic E-state index is -3.64. The minimum Gasteiger partial charge on any atom is -0.332 e. The van der Waals surface area contributed by atoms with E-state index >= 15 is 0 Å². The molecule has 0 spiro atoms. The predicted octanol–water partition coefficient (Wildman–Crippen LogP) is 4.61. The lowest BCUT2D eigenvalue weighted by Crippen LogP contribution is -2.47. The van der Waals surface area contributed by atoms with Gasteiger partial charge in [0.25, 0.3) is 0 Å². The molecule has 1 fully saturated rings. The van der Waals surface area contributed by atoms with Crippen molar-refractivity contribution in [3.8, 4) is 0 Å². The topological polar surface area (TPSA) is 74.7 Å². The van der Waals surface area contributed by atoms with Gasteiger partial charge in [-0.25, -0.2) is 13.1 Å². The average molecular weight is 447 g/mol. The van der Waals surface area contributed by atoms with Gasteiger partial charge in [-0.05, 0) is 28.5 Å². The highest BCUT2D eigenvalue weighted by molar-refractivity contribution is 7.89. The molecule has 1 aromatic rings. The molecular weight excluding hydrogens is 408 g/mol. The van der Waals surface area contributed by atoms with Gasteiger partial charge in [-0.3, -0.25) is 9.98 Å². The number of rotatable bonds is 3. The number of aromatic nitrogens is 1. The van der Waals surface area contributed by atoms with Gasteiger partial charge in [0, 0.05) is 42.5 Å². The number of hydrogen-bond acceptors (Lipinski definition) is 5. The Morgan fingerprint density at radius 2 is 1.68 bits per heavy atom. The van der Waals surface area contributed by atoms with Crippen molar-refractivity contribution in [3.05, 3.63) is 35.8 Å². The second-order valence-corrected chi connectivity index (χ2v) is 13.6. The molecular formula is C24H38N4O2S. The lowest BCUT2D eigenvalue weighted by Gasteiger charge is -2.45. The van der Waals surface area contributed by atoms with E-state index in [2.05, 4.69) is 76.9 Å². The summed E-state index contributed by atoms with van der Waals surface area (Å²) in [4.78, 5) is 11.7. The van der Waals surface area contributed by atoms with Crippen LogP contribution in [0.1, 0.15) is 68.7 Å². The van der Waals surface area contributed by atoms with Crippen LogP contribution in [0.25, 0.3) is 0 Å². The number of pyridine rings is 1. The van der Waals surface area contributed by atoms with E-state index in [4.69, 9.17) is 4.99 Å². The highest BCUT2D eigenvalue weighted by atomic mass is 32.2. The number of aliphatic imine (C=N–C) groups is 1. The van der Waals surface area contributed by atoms with Gasteiger partial charge in [-0.15, -0.1) is 0 Å². The van der Waals surface area contributed by atoms with Gasteiger partial charge in [0.05, 0.1) is 6.04 Å². The van der Waals surface area contributed by atoms with Crippen molar-refractivity contribution in [1.82, 2.24) is 14.6 Å². The quantitative estimate of drug-likeness (QED) is 0.736. The fraction of sp³-hybridized carbons (Fsp3) is 0.667. The lowest BCUT2D eigenvalue weighted by molar-refractivity contribution is 0.285. The van der Waals surface area contributed by atoms with Crippen molar-refractivity contribution in [3.63, 3.8) is 0 Å². The fourth-order valence-electron chi connectivity index (χ4n) is 4.56. The maximum atomic E-state index is 13.0. The molecule has 31 heavy (non-hydrogen) atoms. The van der Waals surface area contributed by atoms with Crippen LogP contribution in [0, 0.1) is 16.2 Å². The summed E-state index contributed by atoms with van der Waals surface area (Å²) in [5, 5.41) is 0. The molecule has 2 atom stereocenters. The maximum absolute atomic E-state index is 13.0. The van der Waals surface area contributed by atoms with Gasteiger partial charge in [0.2, 0.25) is 10.0 Å². The molecule has 1 N–H and O–H groups in total. The van der Waals surface area contributed by atoms with Crippen LogP contribution in [0.5, 0.6) is 0 Å². The van der Waals surface area contributed by atoms with E-state index in [0.29, 0.717) is 13.0 Å². The van der Waals surface area contributed by atoms with E-state index in [0.717, 1.165) is 5.84 Å². The third-order valence-electron chi connectivity index (χ3n) is 5.83. The molecule has 0 radical (unpaired) electrons. The number of amidine groups is 1. The molecule has 0 saturated carbocycles. The van der Waals surface area contributed by atoms with Gasteiger partial charge in [0.1, 0.15) is 10.7 Å². The lowest BCUT2D eigenvalue weighted by atomic mass is 9.70. The van der Waals surface area contributed by atoms with Gasteiger partial charge in [-0.2, -0.15) is 0 Å². The zero-order chi connectivity index (χ0) is 23.4. The van der Waals surface area contributed by atoms with Crippen LogP contribution in [0.15, 0.2) is 45.7 Å². The summed E-state index contributed by atoms with van der Waals surface area (Å²) in [6, 6.07) is 3.06. The number of hydrogen-bond donors (Lipinski definition) is 1. The first kappa shape index (κ1) is 23.9. The Morgan fingerprint density at radius 3 is 2.16 bits per heavy atom. The zero-order valence-electron chi connectivity index (χ0n) is 20.4. The van der Waals surface area contributed by atoms with Crippen LogP contribution in [0.4, 0.5) is 0 Å². The minimum absolute atomic E-state index is 0.0362. The van der Waals surface area contributed by atoms with Gasteiger partial charge >= 0.3 is 0 Å². The molecule has 0 amide bonds. The standard InChI is InChI=1S/C24H38N4O2S/c1-22(2,3)19-18-13-16(27-31(29,30)17-11-10-12-25-14-17)15-28(18)21(24(7,8)9)26-20(19)23(4,5)6/h10-12,14,16,20,27H,13,15H2,1-9H3/t16-,20+/m0/s1. The molecule has 3 heterocycles. The molecule has 0 aromatic carbocycles. The van der Waals surface area contributed by atoms with Crippen LogP contribution >= 0.6 is 0 Å². The summed E-state index contributed by atoms with van der Waals surface area (Å²) in [6.45, 7) is 20.5. The van der Waals surface area contributed by atoms with E-state index < -0.39 is 10.0 Å². The smallest absolute Gasteiger partial charge is 0.242 e. The van der Waals surface area contributed by atoms with Gasteiger partial charge < -0.3 is 4.90 Å². The molecule has 172 valence electrons. The van der Waals surface area contributed by atoms with Crippen LogP contribution in [-0.4, -0.2) is 42.8 Å². The van der Waals surface area contributed by atoms with E-state index in [1.165, 1.54) is 17.5 Å². The fourth-order valence-corrected chi connectivity index (χ4v) is 5.75. The molecule has 6 nitrogen and oxygen atoms in total. The van der Waals surface area contributed by atoms with Crippen molar-refractivity contribution in [2.24, 2.45) is 21.2 Å². The third kappa shape index (κ3) is 4.87. The first-order chi connectivity index (χ1) is 14.0. The Bertz CT molecular complexity index is 991. The number of nitrogens with zero attached hydrogens (tertiary/aromatic N) is 3. The van der Waals surface area contributed by atoms with Crippen molar-refractivity contribution >= 4 is 15.9 Å². The monoisotopic (exact) mass is 446 g/mol. The van der Waals surface area contributed by atoms with Crippen molar-refractivity contribution in [2.75, 3.05) is 6.54 Å². The summed E-state index contributed by atoms with van der Waals surface area (Å²) in [5.41, 5.74) is 2.29. The Kier molecular flexibility index (Phi) is 5.94. The highest BCUT2D eigenvalue weighted by Crippen LogP contribution is 2.47. The van der Waals surface area contributed by atoms with Crippen LogP contribution < -0.4 is 4.72 Å². The molecule has 2 aliphatic heterocycles. The molecule has 3 rings (SSSR count). The van der Waals surface area contributed by atoms with E-state index in [9.17, 15) is 8.42 Å². The second-order valence-electron chi connectivity index (χ2n) is 11.9. The summed E-state index contributed by atoms with van der Waals surface area (Å²) < 4.78 is 28.8. The van der Waals surface area contributed by atoms with E-state index in [-0.39, 0.29) is 33.2 Å². The Balaban J connectivity index is 2.06. The van der Waals surface area contributed by atoms with Crippen LogP contribution in [-0.2, 0) is 10.0 Å². The molecule has 7 heteroatoms. The number of fused-ring (bicyclic) bond motifs is 1. The highest BCUT2D eigenvalue weighted by Gasteiger charge is 2.47. The maximum Gasteiger partial charge on any atom is 0.242 e. The summed E-state index contributed by atoms with van der Waals surface area (Å²) in [5.74, 6) is 1.04. The third-order valence-corrected chi connectivity index (χ3v) is 7.33. The van der Waals surface area contributed by atoms with Gasteiger partial charge in [-0.1, -0.05) is 62.3 Å². The first-order valence-electron chi connectivity index (χ1n) is 11.0. The van der Waals surface area contributed by atoms with E-state index in [1.807, 2.05) is 0 Å². The molecule has 2 aliphatic rings. The Morgan fingerprint density at radius 1 is 1.03 bits per heavy atom. The Hall–Kier alpha value is -1.73. The van der Waals surface area contributed by atoms with E-state index in [1.54, 1.807) is 18.3 Å². The second kappa shape index (κ2) is 7.69. The van der Waals surface area contributed by atoms with Crippen LogP contribution in [0.3, 0.4) is 0 Å². The molecule has 0 aliphatic carbocycles. The van der Waals surface area contributed by atoms with Crippen molar-refractivity contribution in [1.29, 1.82) is 0 Å². The molecule has 0 bridgehead atoms. The van der Waals surface area contributed by atoms with Crippen molar-refractivity contribution in [2.45, 2.75) is 85.7 Å². The molecule has 0 unspecified atom stereocenters. The Labute approximate surface area is 188 Å². The normalized spacial score (nSPS) is 23.1. The zero-order valence-corrected chi connectivity index (χ0v) is 21.3. The summed E-state index contributed by atoms with van der Waals surface area (Å²) in [6.07, 6.45) is 3.63. The van der Waals surface area contributed by atoms with Gasteiger partial charge in [0.15, 0.2) is 0 Å². The predicted molar refractivity (Wildman–Crippen MR) is 126 cm³/mol. The summed E-state index contributed by atoms with van der Waals surface area (Å²) in [7, 11) is -3.64. The first-order valence-corrected chi connectivity index (χ1v) is 12.5.